The molecule has 0 radical (unpaired) electrons. The normalized spacial score (nSPS) is 9.53. The summed E-state index contributed by atoms with van der Waals surface area (Å²) in [5, 5.41) is 13.9. The number of hydrogen-bond donors (Lipinski definition) is 1. The maximum absolute atomic E-state index is 8.68. The van der Waals surface area contributed by atoms with Crippen molar-refractivity contribution >= 4 is 17.2 Å². The zero-order chi connectivity index (χ0) is 10.5. The number of rotatable bonds is 3. The summed E-state index contributed by atoms with van der Waals surface area (Å²) in [6.45, 7) is 0.750. The predicted octanol–water partition coefficient (Wildman–Crippen LogP) is 2.63. The van der Waals surface area contributed by atoms with Crippen LogP contribution in [0.2, 0.25) is 0 Å². The third-order valence-corrected chi connectivity index (χ3v) is 2.76. The Morgan fingerprint density at radius 1 is 1.33 bits per heavy atom. The third kappa shape index (κ3) is 2.55. The average Bonchev–Trinajstić information content (AvgIpc) is 2.79. The van der Waals surface area contributed by atoms with Gasteiger partial charge in [-0.2, -0.15) is 5.26 Å². The molecule has 2 aromatic rings. The van der Waals surface area contributed by atoms with Crippen LogP contribution in [-0.2, 0) is 6.54 Å². The highest BCUT2D eigenvalue weighted by atomic mass is 32.1. The molecule has 0 aromatic carbocycles. The van der Waals surface area contributed by atoms with Crippen LogP contribution in [0.15, 0.2) is 35.7 Å². The molecule has 0 bridgehead atoms. The Morgan fingerprint density at radius 3 is 3.00 bits per heavy atom. The maximum Gasteiger partial charge on any atom is 0.142 e. The first-order valence-electron chi connectivity index (χ1n) is 4.52. The molecular formula is C11H9N3S. The second-order valence-electron chi connectivity index (χ2n) is 2.95. The lowest BCUT2D eigenvalue weighted by Gasteiger charge is -2.03. The number of nitrogens with zero attached hydrogens (tertiary/aromatic N) is 2. The second kappa shape index (κ2) is 4.58. The van der Waals surface area contributed by atoms with E-state index in [0.29, 0.717) is 5.69 Å². The van der Waals surface area contributed by atoms with E-state index in [1.807, 2.05) is 29.6 Å². The van der Waals surface area contributed by atoms with Gasteiger partial charge < -0.3 is 5.32 Å². The van der Waals surface area contributed by atoms with Gasteiger partial charge in [0.25, 0.3) is 0 Å². The molecule has 0 aliphatic carbocycles. The van der Waals surface area contributed by atoms with Crippen LogP contribution >= 0.6 is 11.3 Å². The summed E-state index contributed by atoms with van der Waals surface area (Å²) in [6.07, 6.45) is 0. The fraction of sp³-hybridized carbons (Fsp3) is 0.0909. The summed E-state index contributed by atoms with van der Waals surface area (Å²) in [4.78, 5) is 5.37. The van der Waals surface area contributed by atoms with Gasteiger partial charge in [0, 0.05) is 4.88 Å². The Kier molecular flexibility index (Phi) is 2.96. The molecule has 0 saturated carbocycles. The molecule has 74 valence electrons. The van der Waals surface area contributed by atoms with Crippen molar-refractivity contribution in [1.29, 1.82) is 5.26 Å². The van der Waals surface area contributed by atoms with Gasteiger partial charge in [-0.05, 0) is 23.6 Å². The summed E-state index contributed by atoms with van der Waals surface area (Å²) in [6, 6.07) is 11.5. The van der Waals surface area contributed by atoms with Crippen molar-refractivity contribution in [1.82, 2.24) is 4.98 Å². The van der Waals surface area contributed by atoms with Gasteiger partial charge in [0.05, 0.1) is 6.54 Å². The Morgan fingerprint density at radius 2 is 2.27 bits per heavy atom. The van der Waals surface area contributed by atoms with Crippen molar-refractivity contribution in [2.45, 2.75) is 6.54 Å². The molecule has 2 aromatic heterocycles. The number of anilines is 1. The highest BCUT2D eigenvalue weighted by Gasteiger charge is 1.97. The minimum atomic E-state index is 0.436. The Bertz CT molecular complexity index is 471. The molecular weight excluding hydrogens is 206 g/mol. The van der Waals surface area contributed by atoms with E-state index in [1.54, 1.807) is 17.4 Å². The van der Waals surface area contributed by atoms with Gasteiger partial charge in [-0.15, -0.1) is 11.3 Å². The summed E-state index contributed by atoms with van der Waals surface area (Å²) < 4.78 is 0. The fourth-order valence-corrected chi connectivity index (χ4v) is 1.83. The van der Waals surface area contributed by atoms with Crippen LogP contribution in [0.1, 0.15) is 10.6 Å². The first-order chi connectivity index (χ1) is 7.38. The SMILES string of the molecule is N#Cc1cccc(NCc2cccs2)n1. The molecule has 0 aliphatic heterocycles. The average molecular weight is 215 g/mol. The first kappa shape index (κ1) is 9.69. The van der Waals surface area contributed by atoms with Crippen molar-refractivity contribution in [3.63, 3.8) is 0 Å². The van der Waals surface area contributed by atoms with Gasteiger partial charge in [-0.1, -0.05) is 12.1 Å². The molecule has 0 atom stereocenters. The summed E-state index contributed by atoms with van der Waals surface area (Å²) in [5.41, 5.74) is 0.436. The molecule has 0 saturated heterocycles. The van der Waals surface area contributed by atoms with E-state index in [-0.39, 0.29) is 0 Å². The standard InChI is InChI=1S/C11H9N3S/c12-7-9-3-1-5-11(14-9)13-8-10-4-2-6-15-10/h1-6H,8H2,(H,13,14). The fourth-order valence-electron chi connectivity index (χ4n) is 1.19. The van der Waals surface area contributed by atoms with Crippen molar-refractivity contribution in [2.24, 2.45) is 0 Å². The first-order valence-corrected chi connectivity index (χ1v) is 5.40. The van der Waals surface area contributed by atoms with Crippen LogP contribution in [0, 0.1) is 11.3 Å². The number of nitriles is 1. The minimum absolute atomic E-state index is 0.436. The number of hydrogen-bond acceptors (Lipinski definition) is 4. The molecule has 15 heavy (non-hydrogen) atoms. The summed E-state index contributed by atoms with van der Waals surface area (Å²) >= 11 is 1.70. The molecule has 4 heteroatoms. The molecule has 3 nitrogen and oxygen atoms in total. The smallest absolute Gasteiger partial charge is 0.142 e. The van der Waals surface area contributed by atoms with E-state index < -0.39 is 0 Å². The van der Waals surface area contributed by atoms with Crippen LogP contribution < -0.4 is 5.32 Å². The van der Waals surface area contributed by atoms with Crippen molar-refractivity contribution in [2.75, 3.05) is 5.32 Å². The molecule has 0 fully saturated rings. The molecule has 1 N–H and O–H groups in total. The highest BCUT2D eigenvalue weighted by molar-refractivity contribution is 7.09. The van der Waals surface area contributed by atoms with Crippen LogP contribution in [0.25, 0.3) is 0 Å². The molecule has 0 unspecified atom stereocenters. The van der Waals surface area contributed by atoms with Crippen LogP contribution in [0.5, 0.6) is 0 Å². The second-order valence-corrected chi connectivity index (χ2v) is 3.99. The molecule has 0 amide bonds. The number of pyridine rings is 1. The summed E-state index contributed by atoms with van der Waals surface area (Å²) in [7, 11) is 0. The maximum atomic E-state index is 8.68. The van der Waals surface area contributed by atoms with Gasteiger partial charge in [-0.25, -0.2) is 4.98 Å². The van der Waals surface area contributed by atoms with E-state index in [1.165, 1.54) is 4.88 Å². The van der Waals surface area contributed by atoms with Gasteiger partial charge in [0.15, 0.2) is 0 Å². The molecule has 0 spiro atoms. The zero-order valence-electron chi connectivity index (χ0n) is 7.97. The van der Waals surface area contributed by atoms with Gasteiger partial charge >= 0.3 is 0 Å². The van der Waals surface area contributed by atoms with Crippen LogP contribution in [-0.4, -0.2) is 4.98 Å². The Balaban J connectivity index is 2.02. The zero-order valence-corrected chi connectivity index (χ0v) is 8.79. The van der Waals surface area contributed by atoms with Gasteiger partial charge in [0.2, 0.25) is 0 Å². The Hall–Kier alpha value is -1.86. The number of nitrogens with one attached hydrogen (secondary N) is 1. The largest absolute Gasteiger partial charge is 0.365 e. The molecule has 0 aliphatic rings. The molecule has 2 rings (SSSR count). The van der Waals surface area contributed by atoms with Crippen molar-refractivity contribution in [3.8, 4) is 6.07 Å². The van der Waals surface area contributed by atoms with E-state index in [2.05, 4.69) is 16.4 Å². The van der Waals surface area contributed by atoms with Gasteiger partial charge in [-0.3, -0.25) is 0 Å². The van der Waals surface area contributed by atoms with E-state index in [4.69, 9.17) is 5.26 Å². The van der Waals surface area contributed by atoms with E-state index in [0.717, 1.165) is 12.4 Å². The lowest BCUT2D eigenvalue weighted by molar-refractivity contribution is 1.13. The summed E-state index contributed by atoms with van der Waals surface area (Å²) in [5.74, 6) is 0.738. The Labute approximate surface area is 92.0 Å². The van der Waals surface area contributed by atoms with E-state index in [9.17, 15) is 0 Å². The quantitative estimate of drug-likeness (QED) is 0.856. The lowest BCUT2D eigenvalue weighted by Crippen LogP contribution is -2.00. The third-order valence-electron chi connectivity index (χ3n) is 1.89. The topological polar surface area (TPSA) is 48.7 Å². The lowest BCUT2D eigenvalue weighted by atomic mass is 10.3. The molecule has 2 heterocycles. The number of thiophene rings is 1. The van der Waals surface area contributed by atoms with E-state index >= 15 is 0 Å². The highest BCUT2D eigenvalue weighted by Crippen LogP contribution is 2.11. The number of aromatic nitrogens is 1. The monoisotopic (exact) mass is 215 g/mol. The van der Waals surface area contributed by atoms with Crippen LogP contribution in [0.4, 0.5) is 5.82 Å². The minimum Gasteiger partial charge on any atom is -0.365 e. The van der Waals surface area contributed by atoms with Gasteiger partial charge in [0.1, 0.15) is 17.6 Å². The van der Waals surface area contributed by atoms with Crippen LogP contribution in [0.3, 0.4) is 0 Å². The predicted molar refractivity (Wildman–Crippen MR) is 60.6 cm³/mol. The van der Waals surface area contributed by atoms with Crippen molar-refractivity contribution in [3.05, 3.63) is 46.3 Å². The van der Waals surface area contributed by atoms with Crippen molar-refractivity contribution < 1.29 is 0 Å².